The third-order valence-electron chi connectivity index (χ3n) is 6.06. The highest BCUT2D eigenvalue weighted by Gasteiger charge is 2.51. The Morgan fingerprint density at radius 1 is 1.13 bits per heavy atom. The number of carbonyl (C=O) groups is 2. The smallest absolute Gasteiger partial charge is 0.249 e. The Hall–Kier alpha value is -1.96. The van der Waals surface area contributed by atoms with Crippen molar-refractivity contribution in [3.63, 3.8) is 0 Å². The van der Waals surface area contributed by atoms with E-state index in [1.807, 2.05) is 0 Å². The first-order valence-electron chi connectivity index (χ1n) is 11.2. The van der Waals surface area contributed by atoms with Crippen LogP contribution in [-0.2, 0) is 23.8 Å². The van der Waals surface area contributed by atoms with Gasteiger partial charge in [-0.25, -0.2) is 0 Å². The van der Waals surface area contributed by atoms with E-state index in [2.05, 4.69) is 29.6 Å². The van der Waals surface area contributed by atoms with Gasteiger partial charge in [0, 0.05) is 20.1 Å². The molecule has 0 aromatic heterocycles. The fourth-order valence-corrected chi connectivity index (χ4v) is 4.39. The van der Waals surface area contributed by atoms with Crippen LogP contribution < -0.4 is 5.32 Å². The van der Waals surface area contributed by atoms with E-state index in [9.17, 15) is 9.59 Å². The highest BCUT2D eigenvalue weighted by molar-refractivity contribution is 5.93. The molecule has 4 atom stereocenters. The first-order chi connectivity index (χ1) is 14.6. The largest absolute Gasteiger partial charge is 0.358 e. The molecule has 3 fully saturated rings. The van der Waals surface area contributed by atoms with E-state index < -0.39 is 6.04 Å². The molecule has 5 rings (SSSR count). The van der Waals surface area contributed by atoms with Gasteiger partial charge in [-0.05, 0) is 62.1 Å². The molecule has 4 unspecified atom stereocenters. The molecule has 5 aliphatic rings. The zero-order valence-corrected chi connectivity index (χ0v) is 17.7. The van der Waals surface area contributed by atoms with Crippen molar-refractivity contribution in [2.45, 2.75) is 76.5 Å². The summed E-state index contributed by atoms with van der Waals surface area (Å²) < 4.78 is 17.1. The summed E-state index contributed by atoms with van der Waals surface area (Å²) in [6, 6.07) is 7.96. The zero-order chi connectivity index (χ0) is 20.9. The molecule has 0 aromatic rings. The van der Waals surface area contributed by atoms with Crippen LogP contribution in [0.25, 0.3) is 11.1 Å². The van der Waals surface area contributed by atoms with Crippen molar-refractivity contribution in [2.75, 3.05) is 19.8 Å². The maximum Gasteiger partial charge on any atom is 0.249 e. The second-order valence-corrected chi connectivity index (χ2v) is 8.35. The van der Waals surface area contributed by atoms with Crippen molar-refractivity contribution < 1.29 is 23.8 Å². The molecule has 2 aliphatic carbocycles. The molecule has 0 spiro atoms. The number of carbonyl (C=O) groups excluding carboxylic acids is 2. The van der Waals surface area contributed by atoms with Gasteiger partial charge in [-0.1, -0.05) is 18.2 Å². The second-order valence-electron chi connectivity index (χ2n) is 8.35. The Kier molecular flexibility index (Phi) is 7.02. The average molecular weight is 417 g/mol. The number of hydrogen-bond donors (Lipinski definition) is 1. The van der Waals surface area contributed by atoms with E-state index in [-0.39, 0.29) is 30.4 Å². The van der Waals surface area contributed by atoms with Gasteiger partial charge >= 0.3 is 0 Å². The summed E-state index contributed by atoms with van der Waals surface area (Å²) in [4.78, 5) is 25.6. The Morgan fingerprint density at radius 2 is 1.87 bits per heavy atom. The summed E-state index contributed by atoms with van der Waals surface area (Å²) >= 11 is 0. The number of likely N-dealkylation sites (tertiary alicyclic amines) is 1. The molecule has 1 N–H and O–H groups in total. The van der Waals surface area contributed by atoms with Crippen molar-refractivity contribution >= 4 is 11.8 Å². The minimum atomic E-state index is -0.455. The lowest BCUT2D eigenvalue weighted by atomic mass is 9.90. The predicted molar refractivity (Wildman–Crippen MR) is 111 cm³/mol. The lowest BCUT2D eigenvalue weighted by Crippen LogP contribution is -2.73. The van der Waals surface area contributed by atoms with E-state index in [4.69, 9.17) is 14.2 Å². The predicted octanol–water partition coefficient (Wildman–Crippen LogP) is 2.83. The molecule has 0 radical (unpaired) electrons. The number of β-lactam (4-membered cyclic amide) rings is 1. The first kappa shape index (κ1) is 21.3. The third-order valence-corrected chi connectivity index (χ3v) is 6.06. The van der Waals surface area contributed by atoms with Crippen LogP contribution >= 0.6 is 0 Å². The molecular weight excluding hydrogens is 384 g/mol. The lowest BCUT2D eigenvalue weighted by molar-refractivity contribution is -0.191. The van der Waals surface area contributed by atoms with Crippen LogP contribution in [-0.4, -0.2) is 61.1 Å². The number of ether oxygens (including phenoxy) is 3. The highest BCUT2D eigenvalue weighted by Crippen LogP contribution is 2.33. The number of nitrogens with one attached hydrogen (secondary N) is 1. The molecule has 7 nitrogen and oxygen atoms in total. The fourth-order valence-electron chi connectivity index (χ4n) is 4.39. The molecule has 0 saturated carbocycles. The number of hydrogen-bond acceptors (Lipinski definition) is 5. The summed E-state index contributed by atoms with van der Waals surface area (Å²) in [5, 5.41) is 2.76. The van der Waals surface area contributed by atoms with Crippen molar-refractivity contribution in [1.29, 1.82) is 0 Å². The quantitative estimate of drug-likeness (QED) is 0.733. The van der Waals surface area contributed by atoms with Crippen molar-refractivity contribution in [3.05, 3.63) is 24.3 Å². The highest BCUT2D eigenvalue weighted by atomic mass is 16.7. The summed E-state index contributed by atoms with van der Waals surface area (Å²) in [6.45, 7) is 3.40. The summed E-state index contributed by atoms with van der Waals surface area (Å²) in [7, 11) is 0. The van der Waals surface area contributed by atoms with Crippen molar-refractivity contribution in [1.82, 2.24) is 10.2 Å². The van der Waals surface area contributed by atoms with E-state index >= 15 is 0 Å². The van der Waals surface area contributed by atoms with Gasteiger partial charge in [0.25, 0.3) is 0 Å². The normalized spacial score (nSPS) is 29.4. The monoisotopic (exact) mass is 416 g/mol. The van der Waals surface area contributed by atoms with Gasteiger partial charge in [0.2, 0.25) is 11.8 Å². The van der Waals surface area contributed by atoms with Gasteiger partial charge in [0.05, 0.1) is 12.6 Å². The van der Waals surface area contributed by atoms with Gasteiger partial charge in [0.15, 0.2) is 6.29 Å². The molecule has 0 bridgehead atoms. The van der Waals surface area contributed by atoms with Crippen LogP contribution in [0.1, 0.15) is 51.9 Å². The molecule has 0 aromatic carbocycles. The third kappa shape index (κ3) is 5.20. The SMILES string of the molecule is CC(=O)NC1C(=O)N(C2CCCCO2)C1CCOC1CCCCO1.c1cc2cc-2c1. The summed E-state index contributed by atoms with van der Waals surface area (Å²) in [6.07, 6.45) is 6.50. The van der Waals surface area contributed by atoms with Crippen LogP contribution in [0.3, 0.4) is 0 Å². The Balaban J connectivity index is 0.000000305. The number of amides is 2. The molecule has 2 amide bonds. The van der Waals surface area contributed by atoms with E-state index in [1.165, 1.54) is 18.1 Å². The van der Waals surface area contributed by atoms with E-state index in [0.29, 0.717) is 19.6 Å². The van der Waals surface area contributed by atoms with Crippen LogP contribution in [0.15, 0.2) is 24.3 Å². The van der Waals surface area contributed by atoms with E-state index in [0.717, 1.165) is 45.1 Å². The second kappa shape index (κ2) is 9.90. The van der Waals surface area contributed by atoms with Crippen LogP contribution in [0.4, 0.5) is 0 Å². The van der Waals surface area contributed by atoms with Gasteiger partial charge in [-0.2, -0.15) is 0 Å². The lowest BCUT2D eigenvalue weighted by Gasteiger charge is -2.51. The minimum Gasteiger partial charge on any atom is -0.358 e. The summed E-state index contributed by atoms with van der Waals surface area (Å²) in [5.41, 5.74) is 2.85. The minimum absolute atomic E-state index is 0.0454. The number of benzene rings is 1. The molecular formula is C23H32N2O5. The standard InChI is InChI=1S/C17H28N2O5.C6H4/c1-12(20)18-16-13(8-11-24-15-7-3-5-10-23-15)19(17(16)21)14-6-2-4-9-22-14;1-2-5-4-6(5)3-1/h13-16H,2-11H2,1H3,(H,18,20);1-4H. The van der Waals surface area contributed by atoms with Crippen LogP contribution in [0.2, 0.25) is 0 Å². The number of nitrogens with zero attached hydrogens (tertiary/aromatic N) is 1. The number of rotatable bonds is 6. The molecule has 3 aliphatic heterocycles. The Morgan fingerprint density at radius 3 is 2.40 bits per heavy atom. The topological polar surface area (TPSA) is 77.1 Å². The zero-order valence-electron chi connectivity index (χ0n) is 17.7. The van der Waals surface area contributed by atoms with Crippen LogP contribution in [0, 0.1) is 0 Å². The molecule has 3 heterocycles. The number of fused-ring (bicyclic) bond motifs is 1. The van der Waals surface area contributed by atoms with Crippen molar-refractivity contribution in [2.24, 2.45) is 0 Å². The summed E-state index contributed by atoms with van der Waals surface area (Å²) in [5.74, 6) is -0.227. The van der Waals surface area contributed by atoms with Gasteiger partial charge in [-0.15, -0.1) is 0 Å². The first-order valence-corrected chi connectivity index (χ1v) is 11.2. The maximum atomic E-state index is 12.4. The van der Waals surface area contributed by atoms with Crippen LogP contribution in [0.5, 0.6) is 0 Å². The average Bonchev–Trinajstić information content (AvgIpc) is 3.37. The molecule has 30 heavy (non-hydrogen) atoms. The fraction of sp³-hybridized carbons (Fsp3) is 0.652. The maximum absolute atomic E-state index is 12.4. The van der Waals surface area contributed by atoms with Gasteiger partial charge in [0.1, 0.15) is 12.3 Å². The van der Waals surface area contributed by atoms with Gasteiger partial charge < -0.3 is 24.4 Å². The van der Waals surface area contributed by atoms with Gasteiger partial charge in [-0.3, -0.25) is 9.59 Å². The Bertz CT molecular complexity index is 726. The molecule has 7 heteroatoms. The Labute approximate surface area is 178 Å². The molecule has 3 saturated heterocycles. The molecule has 164 valence electrons. The van der Waals surface area contributed by atoms with Crippen molar-refractivity contribution in [3.8, 4) is 11.1 Å². The van der Waals surface area contributed by atoms with E-state index in [1.54, 1.807) is 4.90 Å².